The molecule has 0 saturated heterocycles. The van der Waals surface area contributed by atoms with E-state index in [2.05, 4.69) is 4.98 Å². The van der Waals surface area contributed by atoms with Crippen LogP contribution in [0.15, 0.2) is 29.6 Å². The Bertz CT molecular complexity index is 482. The zero-order valence-corrected chi connectivity index (χ0v) is 11.1. The molecule has 1 heterocycles. The summed E-state index contributed by atoms with van der Waals surface area (Å²) < 4.78 is 10.4. The van der Waals surface area contributed by atoms with Crippen LogP contribution >= 0.6 is 11.3 Å². The van der Waals surface area contributed by atoms with Gasteiger partial charge in [-0.15, -0.1) is 11.3 Å². The number of benzene rings is 1. The molecule has 0 radical (unpaired) electrons. The summed E-state index contributed by atoms with van der Waals surface area (Å²) in [5.41, 5.74) is 7.55. The highest BCUT2D eigenvalue weighted by molar-refractivity contribution is 7.13. The number of hydrogen-bond acceptors (Lipinski definition) is 5. The van der Waals surface area contributed by atoms with Crippen molar-refractivity contribution in [3.05, 3.63) is 35.3 Å². The third kappa shape index (κ3) is 3.29. The zero-order chi connectivity index (χ0) is 12.8. The summed E-state index contributed by atoms with van der Waals surface area (Å²) in [5, 5.41) is 2.97. The molecule has 1 aromatic heterocycles. The number of ether oxygens (including phenoxy) is 2. The normalized spacial score (nSPS) is 10.6. The Morgan fingerprint density at radius 3 is 2.61 bits per heavy atom. The highest BCUT2D eigenvalue weighted by atomic mass is 32.1. The molecule has 0 atom stereocenters. The summed E-state index contributed by atoms with van der Waals surface area (Å²) in [5.74, 6) is 0.839. The smallest absolute Gasteiger partial charge is 0.123 e. The summed E-state index contributed by atoms with van der Waals surface area (Å²) in [7, 11) is 1.66. The lowest BCUT2D eigenvalue weighted by Crippen LogP contribution is -2.03. The average molecular weight is 264 g/mol. The molecular weight excluding hydrogens is 248 g/mol. The van der Waals surface area contributed by atoms with E-state index < -0.39 is 0 Å². The highest BCUT2D eigenvalue weighted by Crippen LogP contribution is 2.25. The minimum atomic E-state index is 0.481. The van der Waals surface area contributed by atoms with E-state index in [0.717, 1.165) is 22.0 Å². The van der Waals surface area contributed by atoms with Gasteiger partial charge in [-0.2, -0.15) is 0 Å². The first-order valence-corrected chi connectivity index (χ1v) is 6.58. The van der Waals surface area contributed by atoms with Crippen LogP contribution in [0.25, 0.3) is 10.6 Å². The van der Waals surface area contributed by atoms with Crippen molar-refractivity contribution in [2.45, 2.75) is 6.54 Å². The minimum Gasteiger partial charge on any atom is -0.491 e. The van der Waals surface area contributed by atoms with E-state index in [4.69, 9.17) is 15.2 Å². The molecule has 0 saturated carbocycles. The fourth-order valence-corrected chi connectivity index (χ4v) is 2.31. The van der Waals surface area contributed by atoms with Crippen molar-refractivity contribution in [1.29, 1.82) is 0 Å². The van der Waals surface area contributed by atoms with Gasteiger partial charge in [-0.3, -0.25) is 0 Å². The SMILES string of the molecule is COCCOc1ccc(-c2nc(CN)cs2)cc1. The van der Waals surface area contributed by atoms with Gasteiger partial charge in [-0.05, 0) is 24.3 Å². The van der Waals surface area contributed by atoms with Crippen molar-refractivity contribution in [2.24, 2.45) is 5.73 Å². The molecular formula is C13H16N2O2S. The van der Waals surface area contributed by atoms with Gasteiger partial charge in [0.1, 0.15) is 17.4 Å². The largest absolute Gasteiger partial charge is 0.491 e. The van der Waals surface area contributed by atoms with Gasteiger partial charge in [0.2, 0.25) is 0 Å². The molecule has 0 aliphatic rings. The van der Waals surface area contributed by atoms with E-state index >= 15 is 0 Å². The molecule has 0 aliphatic heterocycles. The molecule has 18 heavy (non-hydrogen) atoms. The number of methoxy groups -OCH3 is 1. The number of thiazole rings is 1. The average Bonchev–Trinajstić information content (AvgIpc) is 2.89. The first-order chi connectivity index (χ1) is 8.83. The molecule has 4 nitrogen and oxygen atoms in total. The summed E-state index contributed by atoms with van der Waals surface area (Å²) in [6.07, 6.45) is 0. The quantitative estimate of drug-likeness (QED) is 0.813. The highest BCUT2D eigenvalue weighted by Gasteiger charge is 2.04. The number of nitrogens with zero attached hydrogens (tertiary/aromatic N) is 1. The van der Waals surface area contributed by atoms with E-state index in [9.17, 15) is 0 Å². The standard InChI is InChI=1S/C13H16N2O2S/c1-16-6-7-17-12-4-2-10(3-5-12)13-15-11(8-14)9-18-13/h2-5,9H,6-8,14H2,1H3. The Balaban J connectivity index is 2.02. The monoisotopic (exact) mass is 264 g/mol. The first-order valence-electron chi connectivity index (χ1n) is 5.70. The maximum Gasteiger partial charge on any atom is 0.123 e. The second-order valence-electron chi connectivity index (χ2n) is 3.71. The number of nitrogens with two attached hydrogens (primary N) is 1. The molecule has 0 aliphatic carbocycles. The second kappa shape index (κ2) is 6.49. The number of hydrogen-bond donors (Lipinski definition) is 1. The molecule has 2 rings (SSSR count). The predicted molar refractivity (Wildman–Crippen MR) is 72.8 cm³/mol. The lowest BCUT2D eigenvalue weighted by molar-refractivity contribution is 0.146. The second-order valence-corrected chi connectivity index (χ2v) is 4.57. The van der Waals surface area contributed by atoms with Gasteiger partial charge in [-0.25, -0.2) is 4.98 Å². The molecule has 0 spiro atoms. The van der Waals surface area contributed by atoms with Crippen LogP contribution in [0.4, 0.5) is 0 Å². The van der Waals surface area contributed by atoms with Gasteiger partial charge in [0.25, 0.3) is 0 Å². The molecule has 5 heteroatoms. The van der Waals surface area contributed by atoms with E-state index in [0.29, 0.717) is 19.8 Å². The Hall–Kier alpha value is -1.43. The van der Waals surface area contributed by atoms with Gasteiger partial charge in [0.15, 0.2) is 0 Å². The van der Waals surface area contributed by atoms with E-state index in [1.165, 1.54) is 0 Å². The molecule has 2 aromatic rings. The van der Waals surface area contributed by atoms with Crippen LogP contribution in [0.2, 0.25) is 0 Å². The van der Waals surface area contributed by atoms with Crippen molar-refractivity contribution in [2.75, 3.05) is 20.3 Å². The lowest BCUT2D eigenvalue weighted by Gasteiger charge is -2.05. The van der Waals surface area contributed by atoms with Crippen LogP contribution in [0, 0.1) is 0 Å². The molecule has 1 aromatic carbocycles. The molecule has 0 amide bonds. The first kappa shape index (κ1) is 13.0. The summed E-state index contributed by atoms with van der Waals surface area (Å²) in [4.78, 5) is 4.44. The third-order valence-electron chi connectivity index (χ3n) is 2.42. The molecule has 0 fully saturated rings. The maximum absolute atomic E-state index is 5.55. The van der Waals surface area contributed by atoms with Gasteiger partial charge >= 0.3 is 0 Å². The van der Waals surface area contributed by atoms with Gasteiger partial charge < -0.3 is 15.2 Å². The number of aromatic nitrogens is 1. The maximum atomic E-state index is 5.55. The van der Waals surface area contributed by atoms with Crippen molar-refractivity contribution in [1.82, 2.24) is 4.98 Å². The molecule has 0 bridgehead atoms. The van der Waals surface area contributed by atoms with Crippen LogP contribution in [-0.2, 0) is 11.3 Å². The van der Waals surface area contributed by atoms with E-state index in [1.54, 1.807) is 18.4 Å². The third-order valence-corrected chi connectivity index (χ3v) is 3.36. The van der Waals surface area contributed by atoms with E-state index in [-0.39, 0.29) is 0 Å². The summed E-state index contributed by atoms with van der Waals surface area (Å²) in [6.45, 7) is 1.63. The molecule has 0 unspecified atom stereocenters. The lowest BCUT2D eigenvalue weighted by atomic mass is 10.2. The fourth-order valence-electron chi connectivity index (χ4n) is 1.47. The Morgan fingerprint density at radius 1 is 1.22 bits per heavy atom. The van der Waals surface area contributed by atoms with Crippen molar-refractivity contribution in [3.8, 4) is 16.3 Å². The van der Waals surface area contributed by atoms with Gasteiger partial charge in [0.05, 0.1) is 12.3 Å². The van der Waals surface area contributed by atoms with E-state index in [1.807, 2.05) is 29.6 Å². The molecule has 2 N–H and O–H groups in total. The Labute approximate surface area is 110 Å². The summed E-state index contributed by atoms with van der Waals surface area (Å²) in [6, 6.07) is 7.88. The van der Waals surface area contributed by atoms with Crippen LogP contribution in [0.1, 0.15) is 5.69 Å². The Kier molecular flexibility index (Phi) is 4.69. The molecule has 96 valence electrons. The van der Waals surface area contributed by atoms with Gasteiger partial charge in [-0.1, -0.05) is 0 Å². The predicted octanol–water partition coefficient (Wildman–Crippen LogP) is 2.29. The van der Waals surface area contributed by atoms with Crippen LogP contribution in [-0.4, -0.2) is 25.3 Å². The van der Waals surface area contributed by atoms with Crippen molar-refractivity contribution >= 4 is 11.3 Å². The Morgan fingerprint density at radius 2 is 2.00 bits per heavy atom. The van der Waals surface area contributed by atoms with Crippen molar-refractivity contribution in [3.63, 3.8) is 0 Å². The summed E-state index contributed by atoms with van der Waals surface area (Å²) >= 11 is 1.60. The van der Waals surface area contributed by atoms with Gasteiger partial charge in [0, 0.05) is 24.6 Å². The van der Waals surface area contributed by atoms with Crippen LogP contribution < -0.4 is 10.5 Å². The zero-order valence-electron chi connectivity index (χ0n) is 10.3. The van der Waals surface area contributed by atoms with Crippen molar-refractivity contribution < 1.29 is 9.47 Å². The number of rotatable bonds is 6. The van der Waals surface area contributed by atoms with Crippen LogP contribution in [0.3, 0.4) is 0 Å². The minimum absolute atomic E-state index is 0.481. The topological polar surface area (TPSA) is 57.4 Å². The van der Waals surface area contributed by atoms with Crippen LogP contribution in [0.5, 0.6) is 5.75 Å². The fraction of sp³-hybridized carbons (Fsp3) is 0.308.